The predicted molar refractivity (Wildman–Crippen MR) is 117 cm³/mol. The number of alkyl halides is 3. The number of halogens is 6. The van der Waals surface area contributed by atoms with E-state index in [2.05, 4.69) is 15.1 Å². The average molecular weight is 538 g/mol. The second kappa shape index (κ2) is 9.59. The number of aliphatic hydroxyl groups excluding tert-OH is 1. The van der Waals surface area contributed by atoms with E-state index < -0.39 is 17.8 Å². The Bertz CT molecular complexity index is 1340. The van der Waals surface area contributed by atoms with Crippen molar-refractivity contribution in [2.24, 2.45) is 0 Å². The molecule has 34 heavy (non-hydrogen) atoms. The summed E-state index contributed by atoms with van der Waals surface area (Å²) in [4.78, 5) is 8.39. The Morgan fingerprint density at radius 3 is 2.53 bits per heavy atom. The van der Waals surface area contributed by atoms with Crippen molar-refractivity contribution in [2.75, 3.05) is 20.3 Å². The lowest BCUT2D eigenvalue weighted by Gasteiger charge is -2.13. The van der Waals surface area contributed by atoms with Crippen molar-refractivity contribution in [3.05, 3.63) is 51.2 Å². The van der Waals surface area contributed by atoms with Crippen LogP contribution >= 0.6 is 34.8 Å². The Hall–Kier alpha value is -2.57. The summed E-state index contributed by atoms with van der Waals surface area (Å²) in [6.07, 6.45) is -3.29. The largest absolute Gasteiger partial charge is 0.489 e. The first-order chi connectivity index (χ1) is 16.1. The molecule has 0 fully saturated rings. The number of aliphatic hydroxyl groups is 1. The molecule has 1 N–H and O–H groups in total. The van der Waals surface area contributed by atoms with Crippen LogP contribution in [0.3, 0.4) is 0 Å². The third-order valence-corrected chi connectivity index (χ3v) is 5.42. The van der Waals surface area contributed by atoms with Gasteiger partial charge in [-0.3, -0.25) is 0 Å². The highest BCUT2D eigenvalue weighted by molar-refractivity contribution is 6.36. The van der Waals surface area contributed by atoms with Gasteiger partial charge in [0.1, 0.15) is 24.2 Å². The number of pyridine rings is 1. The van der Waals surface area contributed by atoms with Gasteiger partial charge in [0.05, 0.1) is 27.2 Å². The molecule has 14 heteroatoms. The molecule has 3 heterocycles. The highest BCUT2D eigenvalue weighted by Gasteiger charge is 2.32. The van der Waals surface area contributed by atoms with E-state index in [0.717, 1.165) is 16.7 Å². The lowest BCUT2D eigenvalue weighted by atomic mass is 10.2. The van der Waals surface area contributed by atoms with Crippen LogP contribution in [0.5, 0.6) is 5.75 Å². The third kappa shape index (κ3) is 5.08. The molecule has 0 unspecified atom stereocenters. The van der Waals surface area contributed by atoms with Crippen molar-refractivity contribution in [3.8, 4) is 28.7 Å². The van der Waals surface area contributed by atoms with Crippen LogP contribution in [0.15, 0.2) is 35.1 Å². The van der Waals surface area contributed by atoms with E-state index in [0.29, 0.717) is 5.56 Å². The molecule has 0 spiro atoms. The summed E-state index contributed by atoms with van der Waals surface area (Å²) < 4.78 is 55.8. The first-order valence-electron chi connectivity index (χ1n) is 9.45. The van der Waals surface area contributed by atoms with Crippen molar-refractivity contribution in [1.29, 1.82) is 0 Å². The first-order valence-corrected chi connectivity index (χ1v) is 10.6. The van der Waals surface area contributed by atoms with Gasteiger partial charge in [0, 0.05) is 31.1 Å². The van der Waals surface area contributed by atoms with E-state index in [9.17, 15) is 18.3 Å². The van der Waals surface area contributed by atoms with E-state index >= 15 is 0 Å². The molecule has 4 aromatic rings. The Morgan fingerprint density at radius 1 is 1.06 bits per heavy atom. The van der Waals surface area contributed by atoms with Crippen LogP contribution in [0.25, 0.3) is 28.6 Å². The quantitative estimate of drug-likeness (QED) is 0.336. The summed E-state index contributed by atoms with van der Waals surface area (Å²) in [7, 11) is 1.45. The molecule has 0 amide bonds. The minimum atomic E-state index is -4.58. The second-order valence-electron chi connectivity index (χ2n) is 7.04. The van der Waals surface area contributed by atoms with E-state index in [4.69, 9.17) is 48.8 Å². The number of hydrogen-bond donors (Lipinski definition) is 1. The number of aromatic nitrogens is 4. The Balaban J connectivity index is 1.62. The summed E-state index contributed by atoms with van der Waals surface area (Å²) in [5, 5.41) is 13.7. The highest BCUT2D eigenvalue weighted by atomic mass is 35.5. The third-order valence-electron chi connectivity index (χ3n) is 4.53. The van der Waals surface area contributed by atoms with Gasteiger partial charge in [-0.25, -0.2) is 4.98 Å². The van der Waals surface area contributed by atoms with Crippen molar-refractivity contribution in [1.82, 2.24) is 19.5 Å². The summed E-state index contributed by atoms with van der Waals surface area (Å²) in [5.41, 5.74) is -0.428. The van der Waals surface area contributed by atoms with Gasteiger partial charge in [-0.05, 0) is 12.1 Å². The molecule has 180 valence electrons. The van der Waals surface area contributed by atoms with Crippen LogP contribution in [0.2, 0.25) is 15.1 Å². The number of fused-ring (bicyclic) bond motifs is 1. The van der Waals surface area contributed by atoms with Gasteiger partial charge >= 0.3 is 6.18 Å². The fourth-order valence-corrected chi connectivity index (χ4v) is 3.70. The van der Waals surface area contributed by atoms with Gasteiger partial charge in [-0.15, -0.1) is 0 Å². The molecule has 1 atom stereocenters. The van der Waals surface area contributed by atoms with Crippen molar-refractivity contribution in [3.63, 3.8) is 0 Å². The molecule has 0 radical (unpaired) electrons. The fourth-order valence-electron chi connectivity index (χ4n) is 2.99. The van der Waals surface area contributed by atoms with E-state index in [-0.39, 0.29) is 57.1 Å². The molecule has 3 aromatic heterocycles. The highest BCUT2D eigenvalue weighted by Crippen LogP contribution is 2.37. The van der Waals surface area contributed by atoms with E-state index in [1.54, 1.807) is 0 Å². The molecular weight excluding hydrogens is 524 g/mol. The number of nitrogens with zero attached hydrogens (tertiary/aromatic N) is 4. The Kier molecular flexibility index (Phi) is 6.92. The molecule has 0 aliphatic carbocycles. The molecule has 0 bridgehead atoms. The molecule has 4 rings (SSSR count). The maximum absolute atomic E-state index is 13.1. The fraction of sp³-hybridized carbons (Fsp3) is 0.250. The Morgan fingerprint density at radius 2 is 1.82 bits per heavy atom. The minimum absolute atomic E-state index is 0.0620. The van der Waals surface area contributed by atoms with Gasteiger partial charge in [0.25, 0.3) is 5.89 Å². The van der Waals surface area contributed by atoms with Gasteiger partial charge in [-0.2, -0.15) is 18.2 Å². The average Bonchev–Trinajstić information content (AvgIpc) is 3.41. The maximum Gasteiger partial charge on any atom is 0.417 e. The monoisotopic (exact) mass is 536 g/mol. The Labute approximate surface area is 204 Å². The minimum Gasteiger partial charge on any atom is -0.489 e. The topological polar surface area (TPSA) is 94.9 Å². The second-order valence-corrected chi connectivity index (χ2v) is 8.26. The lowest BCUT2D eigenvalue weighted by molar-refractivity contribution is -0.137. The van der Waals surface area contributed by atoms with E-state index in [1.807, 2.05) is 0 Å². The molecule has 0 aliphatic heterocycles. The number of imidazole rings is 1. The van der Waals surface area contributed by atoms with Crippen molar-refractivity contribution < 1.29 is 32.3 Å². The summed E-state index contributed by atoms with van der Waals surface area (Å²) in [5.74, 6) is 0.218. The standard InChI is InChI=1S/C20H14Cl3F3N4O4/c1-32-7-10(31)8-33-16-4-12(21)11(3-13(16)22)17-28-19(34-29-17)15-6-30-5-9(20(24,25)26)2-14(23)18(30)27-15/h2-6,10,31H,7-8H2,1H3/t10-/m0/s1. The normalized spacial score (nSPS) is 12.9. The molecule has 8 nitrogen and oxygen atoms in total. The zero-order valence-electron chi connectivity index (χ0n) is 17.1. The smallest absolute Gasteiger partial charge is 0.417 e. The summed E-state index contributed by atoms with van der Waals surface area (Å²) in [6, 6.07) is 3.66. The van der Waals surface area contributed by atoms with Crippen LogP contribution < -0.4 is 4.74 Å². The van der Waals surface area contributed by atoms with Gasteiger partial charge in [0.2, 0.25) is 5.82 Å². The van der Waals surface area contributed by atoms with Gasteiger partial charge < -0.3 is 23.5 Å². The molecule has 0 aliphatic rings. The van der Waals surface area contributed by atoms with Gasteiger partial charge in [0.15, 0.2) is 5.65 Å². The van der Waals surface area contributed by atoms with Crippen molar-refractivity contribution >= 4 is 40.4 Å². The first kappa shape index (κ1) is 24.6. The van der Waals surface area contributed by atoms with Crippen LogP contribution in [0.4, 0.5) is 13.2 Å². The SMILES string of the molecule is COC[C@H](O)COc1cc(Cl)c(-c2noc(-c3cn4cc(C(F)(F)F)cc(Cl)c4n3)n2)cc1Cl. The number of hydrogen-bond acceptors (Lipinski definition) is 7. The lowest BCUT2D eigenvalue weighted by Crippen LogP contribution is -2.22. The zero-order valence-corrected chi connectivity index (χ0v) is 19.4. The molecule has 0 saturated carbocycles. The molecule has 0 saturated heterocycles. The van der Waals surface area contributed by atoms with Gasteiger partial charge in [-0.1, -0.05) is 40.0 Å². The molecule has 1 aromatic carbocycles. The number of benzene rings is 1. The number of methoxy groups -OCH3 is 1. The van der Waals surface area contributed by atoms with Crippen molar-refractivity contribution in [2.45, 2.75) is 12.3 Å². The van der Waals surface area contributed by atoms with Crippen LogP contribution in [-0.2, 0) is 10.9 Å². The summed E-state index contributed by atoms with van der Waals surface area (Å²) >= 11 is 18.5. The summed E-state index contributed by atoms with van der Waals surface area (Å²) in [6.45, 7) is 0.0168. The molecular formula is C20H14Cl3F3N4O4. The number of ether oxygens (including phenoxy) is 2. The number of rotatable bonds is 7. The zero-order chi connectivity index (χ0) is 24.6. The van der Waals surface area contributed by atoms with E-state index in [1.165, 1.54) is 25.4 Å². The predicted octanol–water partition coefficient (Wildman–Crippen LogP) is 5.42. The van der Waals surface area contributed by atoms with Crippen LogP contribution in [0, 0.1) is 0 Å². The maximum atomic E-state index is 13.1. The van der Waals surface area contributed by atoms with Crippen LogP contribution in [-0.4, -0.2) is 51.1 Å². The van der Waals surface area contributed by atoms with Crippen LogP contribution in [0.1, 0.15) is 5.56 Å².